The molecule has 5 heteroatoms. The molecule has 0 saturated heterocycles. The van der Waals surface area contributed by atoms with Gasteiger partial charge in [-0.15, -0.1) is 0 Å². The number of carbonyl (C=O) groups excluding carboxylic acids is 1. The minimum atomic E-state index is 0.0456. The van der Waals surface area contributed by atoms with Crippen LogP contribution < -0.4 is 10.6 Å². The van der Waals surface area contributed by atoms with Gasteiger partial charge in [0.2, 0.25) is 5.91 Å². The van der Waals surface area contributed by atoms with Gasteiger partial charge in [-0.2, -0.15) is 0 Å². The lowest BCUT2D eigenvalue weighted by Crippen LogP contribution is -2.39. The van der Waals surface area contributed by atoms with Crippen LogP contribution in [0.1, 0.15) is 32.1 Å². The van der Waals surface area contributed by atoms with Gasteiger partial charge in [0.05, 0.1) is 5.69 Å². The van der Waals surface area contributed by atoms with Gasteiger partial charge >= 0.3 is 0 Å². The zero-order chi connectivity index (χ0) is 13.7. The normalized spacial score (nSPS) is 15.8. The number of amides is 1. The second kappa shape index (κ2) is 7.01. The number of nitrogens with one attached hydrogen (secondary N) is 2. The van der Waals surface area contributed by atoms with E-state index in [-0.39, 0.29) is 11.8 Å². The van der Waals surface area contributed by atoms with Crippen LogP contribution in [0.15, 0.2) is 28.7 Å². The van der Waals surface area contributed by atoms with E-state index in [0.717, 1.165) is 35.8 Å². The van der Waals surface area contributed by atoms with Crippen molar-refractivity contribution < 1.29 is 4.79 Å². The molecule has 1 saturated carbocycles. The Morgan fingerprint density at radius 3 is 2.58 bits per heavy atom. The highest BCUT2D eigenvalue weighted by atomic mass is 79.9. The van der Waals surface area contributed by atoms with Crippen LogP contribution in [0.5, 0.6) is 0 Å². The molecule has 19 heavy (non-hydrogen) atoms. The van der Waals surface area contributed by atoms with Crippen LogP contribution in [0.2, 0.25) is 0 Å². The van der Waals surface area contributed by atoms with Crippen molar-refractivity contribution in [1.29, 1.82) is 0 Å². The fourth-order valence-electron chi connectivity index (χ4n) is 2.29. The van der Waals surface area contributed by atoms with Crippen molar-refractivity contribution in [2.45, 2.75) is 32.1 Å². The average molecular weight is 341 g/mol. The molecular weight excluding hydrogens is 324 g/mol. The molecule has 1 aliphatic rings. The maximum atomic E-state index is 12.0. The van der Waals surface area contributed by atoms with E-state index < -0.39 is 0 Å². The number of hydrogen-bond donors (Lipinski definition) is 2. The molecule has 2 rings (SSSR count). The minimum Gasteiger partial charge on any atom is -0.331 e. The zero-order valence-electron chi connectivity index (χ0n) is 10.6. The second-order valence-electron chi connectivity index (χ2n) is 4.76. The maximum Gasteiger partial charge on any atom is 0.229 e. The predicted molar refractivity (Wildman–Crippen MR) is 85.1 cm³/mol. The third-order valence-corrected chi connectivity index (χ3v) is 4.23. The minimum absolute atomic E-state index is 0.0456. The highest BCUT2D eigenvalue weighted by Crippen LogP contribution is 2.24. The van der Waals surface area contributed by atoms with Crippen molar-refractivity contribution in [1.82, 2.24) is 5.32 Å². The number of benzene rings is 1. The Bertz CT molecular complexity index is 472. The van der Waals surface area contributed by atoms with Crippen LogP contribution in [-0.2, 0) is 4.79 Å². The first kappa shape index (κ1) is 14.5. The molecule has 0 heterocycles. The number of rotatable bonds is 2. The average Bonchev–Trinajstić information content (AvgIpc) is 2.42. The van der Waals surface area contributed by atoms with Crippen LogP contribution in [0.25, 0.3) is 0 Å². The van der Waals surface area contributed by atoms with Gasteiger partial charge in [-0.25, -0.2) is 0 Å². The first-order valence-corrected chi connectivity index (χ1v) is 7.73. The molecule has 1 aromatic rings. The molecule has 0 bridgehead atoms. The van der Waals surface area contributed by atoms with E-state index in [9.17, 15) is 4.79 Å². The Balaban J connectivity index is 1.87. The van der Waals surface area contributed by atoms with Gasteiger partial charge in [0.25, 0.3) is 0 Å². The van der Waals surface area contributed by atoms with E-state index in [1.54, 1.807) is 0 Å². The summed E-state index contributed by atoms with van der Waals surface area (Å²) < 4.78 is 0.921. The van der Waals surface area contributed by atoms with Crippen LogP contribution in [0.3, 0.4) is 0 Å². The van der Waals surface area contributed by atoms with Crippen molar-refractivity contribution in [3.8, 4) is 0 Å². The molecular formula is C14H17BrN2OS. The fraction of sp³-hybridized carbons (Fsp3) is 0.429. The summed E-state index contributed by atoms with van der Waals surface area (Å²) in [6.07, 6.45) is 5.47. The first-order valence-electron chi connectivity index (χ1n) is 6.53. The number of anilines is 1. The van der Waals surface area contributed by atoms with Crippen LogP contribution in [-0.4, -0.2) is 11.0 Å². The molecule has 0 aromatic heterocycles. The van der Waals surface area contributed by atoms with E-state index in [0.29, 0.717) is 5.11 Å². The van der Waals surface area contributed by atoms with Crippen molar-refractivity contribution in [2.24, 2.45) is 5.92 Å². The Labute approximate surface area is 127 Å². The third kappa shape index (κ3) is 4.28. The molecule has 1 amide bonds. The Morgan fingerprint density at radius 2 is 1.89 bits per heavy atom. The number of thiocarbonyl (C=S) groups is 1. The second-order valence-corrected chi connectivity index (χ2v) is 6.02. The van der Waals surface area contributed by atoms with Gasteiger partial charge in [-0.1, -0.05) is 31.4 Å². The number of hydrogen-bond acceptors (Lipinski definition) is 2. The summed E-state index contributed by atoms with van der Waals surface area (Å²) >= 11 is 8.61. The molecule has 102 valence electrons. The summed E-state index contributed by atoms with van der Waals surface area (Å²) in [6.45, 7) is 0. The summed E-state index contributed by atoms with van der Waals surface area (Å²) in [5.41, 5.74) is 0.858. The van der Waals surface area contributed by atoms with Crippen molar-refractivity contribution in [3.63, 3.8) is 0 Å². The molecule has 0 unspecified atom stereocenters. The molecule has 3 nitrogen and oxygen atoms in total. The van der Waals surface area contributed by atoms with E-state index >= 15 is 0 Å². The quantitative estimate of drug-likeness (QED) is 0.803. The molecule has 0 radical (unpaired) electrons. The van der Waals surface area contributed by atoms with Crippen LogP contribution in [0.4, 0.5) is 5.69 Å². The number of para-hydroxylation sites is 1. The molecule has 0 atom stereocenters. The van der Waals surface area contributed by atoms with Gasteiger partial charge in [0.15, 0.2) is 5.11 Å². The van der Waals surface area contributed by atoms with Gasteiger partial charge < -0.3 is 10.6 Å². The Hall–Kier alpha value is -0.940. The molecule has 1 fully saturated rings. The predicted octanol–water partition coefficient (Wildman–Crippen LogP) is 3.84. The van der Waals surface area contributed by atoms with Gasteiger partial charge in [0, 0.05) is 10.4 Å². The summed E-state index contributed by atoms with van der Waals surface area (Å²) in [7, 11) is 0. The zero-order valence-corrected chi connectivity index (χ0v) is 13.0. The van der Waals surface area contributed by atoms with E-state index in [2.05, 4.69) is 26.6 Å². The Morgan fingerprint density at radius 1 is 1.21 bits per heavy atom. The largest absolute Gasteiger partial charge is 0.331 e. The number of carbonyl (C=O) groups is 1. The Kier molecular flexibility index (Phi) is 5.34. The van der Waals surface area contributed by atoms with Gasteiger partial charge in [-0.05, 0) is 53.1 Å². The van der Waals surface area contributed by atoms with Crippen molar-refractivity contribution in [2.75, 3.05) is 5.32 Å². The summed E-state index contributed by atoms with van der Waals surface area (Å²) in [5.74, 6) is 0.164. The summed E-state index contributed by atoms with van der Waals surface area (Å²) in [4.78, 5) is 12.0. The molecule has 2 N–H and O–H groups in total. The topological polar surface area (TPSA) is 41.1 Å². The van der Waals surface area contributed by atoms with Crippen molar-refractivity contribution >= 4 is 44.9 Å². The highest BCUT2D eigenvalue weighted by Gasteiger charge is 2.21. The van der Waals surface area contributed by atoms with E-state index in [1.807, 2.05) is 24.3 Å². The van der Waals surface area contributed by atoms with E-state index in [4.69, 9.17) is 12.2 Å². The lowest BCUT2D eigenvalue weighted by molar-refractivity contribution is -0.124. The number of halogens is 1. The molecule has 0 spiro atoms. The lowest BCUT2D eigenvalue weighted by Gasteiger charge is -2.21. The molecule has 1 aliphatic carbocycles. The molecule has 0 aliphatic heterocycles. The van der Waals surface area contributed by atoms with E-state index in [1.165, 1.54) is 6.42 Å². The SMILES string of the molecule is O=C(NC(=S)Nc1ccccc1Br)C1CCCCC1. The summed E-state index contributed by atoms with van der Waals surface area (Å²) in [6, 6.07) is 7.68. The van der Waals surface area contributed by atoms with Gasteiger partial charge in [0.1, 0.15) is 0 Å². The van der Waals surface area contributed by atoms with Crippen LogP contribution in [0, 0.1) is 5.92 Å². The monoisotopic (exact) mass is 340 g/mol. The molecule has 1 aromatic carbocycles. The van der Waals surface area contributed by atoms with Gasteiger partial charge in [-0.3, -0.25) is 4.79 Å². The first-order chi connectivity index (χ1) is 9.16. The lowest BCUT2D eigenvalue weighted by atomic mass is 9.89. The van der Waals surface area contributed by atoms with Crippen LogP contribution >= 0.6 is 28.1 Å². The summed E-state index contributed by atoms with van der Waals surface area (Å²) in [5, 5.41) is 6.18. The third-order valence-electron chi connectivity index (χ3n) is 3.33. The standard InChI is InChI=1S/C14H17BrN2OS/c15-11-8-4-5-9-12(11)16-14(19)17-13(18)10-6-2-1-3-7-10/h4-5,8-10H,1-3,6-7H2,(H2,16,17,18,19). The van der Waals surface area contributed by atoms with Crippen molar-refractivity contribution in [3.05, 3.63) is 28.7 Å². The fourth-order valence-corrected chi connectivity index (χ4v) is 2.89. The maximum absolute atomic E-state index is 12.0. The smallest absolute Gasteiger partial charge is 0.229 e. The highest BCUT2D eigenvalue weighted by molar-refractivity contribution is 9.10.